The molecule has 0 saturated carbocycles. The van der Waals surface area contributed by atoms with E-state index in [0.717, 1.165) is 15.5 Å². The van der Waals surface area contributed by atoms with E-state index in [-0.39, 0.29) is 0 Å². The van der Waals surface area contributed by atoms with Gasteiger partial charge in [-0.1, -0.05) is 23.9 Å². The molecule has 1 aliphatic rings. The first-order valence-corrected chi connectivity index (χ1v) is 6.18. The van der Waals surface area contributed by atoms with Gasteiger partial charge in [0.25, 0.3) is 0 Å². The number of Topliss-reactive ketones (excluding diaryl/α,β-unsaturated/α-hetero) is 1. The minimum atomic E-state index is -0.537. The van der Waals surface area contributed by atoms with E-state index in [2.05, 4.69) is 0 Å². The summed E-state index contributed by atoms with van der Waals surface area (Å²) in [6.45, 7) is 0. The summed E-state index contributed by atoms with van der Waals surface area (Å²) < 4.78 is 5.72. The van der Waals surface area contributed by atoms with E-state index < -0.39 is 5.78 Å². The topological polar surface area (TPSA) is 43.4 Å². The van der Waals surface area contributed by atoms with E-state index in [0.29, 0.717) is 17.6 Å². The van der Waals surface area contributed by atoms with E-state index >= 15 is 0 Å². The summed E-state index contributed by atoms with van der Waals surface area (Å²) in [4.78, 5) is 23.8. The molecule has 0 radical (unpaired) electrons. The largest absolute Gasteiger partial charge is 0.455 e. The fourth-order valence-corrected chi connectivity index (χ4v) is 2.68. The minimum Gasteiger partial charge on any atom is -0.455 e. The highest BCUT2D eigenvalue weighted by atomic mass is 32.2. The number of benzene rings is 2. The van der Waals surface area contributed by atoms with Crippen LogP contribution in [0.3, 0.4) is 0 Å². The Hall–Kier alpha value is -2.07. The van der Waals surface area contributed by atoms with Crippen LogP contribution in [0.2, 0.25) is 0 Å². The van der Waals surface area contributed by atoms with Crippen molar-refractivity contribution in [3.05, 3.63) is 48.0 Å². The third-order valence-corrected chi connectivity index (χ3v) is 3.74. The molecule has 0 aromatic heterocycles. The molecule has 0 spiro atoms. The second-order valence-electron chi connectivity index (χ2n) is 3.79. The number of fused-ring (bicyclic) bond motifs is 2. The van der Waals surface area contributed by atoms with Crippen LogP contribution in [-0.4, -0.2) is 12.1 Å². The first-order chi connectivity index (χ1) is 8.78. The lowest BCUT2D eigenvalue weighted by Gasteiger charge is -2.19. The number of para-hydroxylation sites is 1. The van der Waals surface area contributed by atoms with E-state index in [1.54, 1.807) is 30.0 Å². The van der Waals surface area contributed by atoms with Gasteiger partial charge < -0.3 is 4.74 Å². The predicted octanol–water partition coefficient (Wildman–Crippen LogP) is 3.33. The van der Waals surface area contributed by atoms with Gasteiger partial charge in [0.15, 0.2) is 6.29 Å². The molecule has 2 aromatic rings. The third kappa shape index (κ3) is 1.80. The number of ketones is 1. The van der Waals surface area contributed by atoms with Crippen LogP contribution < -0.4 is 4.74 Å². The molecule has 4 heteroatoms. The molecule has 0 atom stereocenters. The van der Waals surface area contributed by atoms with Crippen LogP contribution in [0.25, 0.3) is 0 Å². The number of hydrogen-bond donors (Lipinski definition) is 0. The number of rotatable bonds is 2. The molecule has 0 N–H and O–H groups in total. The van der Waals surface area contributed by atoms with Crippen LogP contribution >= 0.6 is 11.8 Å². The molecule has 1 heterocycles. The average molecular weight is 256 g/mol. The highest BCUT2D eigenvalue weighted by molar-refractivity contribution is 7.99. The number of ether oxygens (including phenoxy) is 1. The molecule has 3 nitrogen and oxygen atoms in total. The number of aldehydes is 1. The van der Waals surface area contributed by atoms with Crippen molar-refractivity contribution >= 4 is 23.8 Å². The van der Waals surface area contributed by atoms with Crippen LogP contribution in [0.5, 0.6) is 11.5 Å². The van der Waals surface area contributed by atoms with Gasteiger partial charge in [-0.2, -0.15) is 0 Å². The van der Waals surface area contributed by atoms with Crippen molar-refractivity contribution in [2.45, 2.75) is 9.79 Å². The maximum atomic E-state index is 11.3. The molecule has 0 aliphatic carbocycles. The standard InChI is InChI=1S/C14H8O3S/c15-8-10(16)9-5-6-14-12(7-9)17-11-3-1-2-4-13(11)18-14/h1-8H. The van der Waals surface area contributed by atoms with Crippen LogP contribution in [0, 0.1) is 0 Å². The molecule has 2 aromatic carbocycles. The SMILES string of the molecule is O=CC(=O)c1ccc2c(c1)Oc1ccccc1S2. The molecular formula is C14H8O3S. The first-order valence-electron chi connectivity index (χ1n) is 5.36. The van der Waals surface area contributed by atoms with E-state index in [1.807, 2.05) is 24.3 Å². The van der Waals surface area contributed by atoms with Crippen molar-refractivity contribution in [2.24, 2.45) is 0 Å². The Balaban J connectivity index is 2.03. The van der Waals surface area contributed by atoms with Gasteiger partial charge in [0, 0.05) is 5.56 Å². The molecule has 0 unspecified atom stereocenters. The Morgan fingerprint density at radius 1 is 1.06 bits per heavy atom. The zero-order chi connectivity index (χ0) is 12.5. The summed E-state index contributed by atoms with van der Waals surface area (Å²) in [5, 5.41) is 0. The summed E-state index contributed by atoms with van der Waals surface area (Å²) >= 11 is 1.59. The van der Waals surface area contributed by atoms with Gasteiger partial charge in [-0.25, -0.2) is 0 Å². The fraction of sp³-hybridized carbons (Fsp3) is 0. The van der Waals surface area contributed by atoms with Crippen molar-refractivity contribution < 1.29 is 14.3 Å². The molecule has 0 fully saturated rings. The Morgan fingerprint density at radius 2 is 1.83 bits per heavy atom. The summed E-state index contributed by atoms with van der Waals surface area (Å²) in [6, 6.07) is 12.7. The molecular weight excluding hydrogens is 248 g/mol. The second-order valence-corrected chi connectivity index (χ2v) is 4.88. The maximum absolute atomic E-state index is 11.3. The Bertz CT molecular complexity index is 649. The minimum absolute atomic E-state index is 0.311. The Morgan fingerprint density at radius 3 is 2.67 bits per heavy atom. The molecule has 88 valence electrons. The number of carbonyl (C=O) groups is 2. The van der Waals surface area contributed by atoms with Crippen molar-refractivity contribution in [3.63, 3.8) is 0 Å². The Kier molecular flexibility index (Phi) is 2.64. The molecule has 0 saturated heterocycles. The summed E-state index contributed by atoms with van der Waals surface area (Å²) in [5.41, 5.74) is 0.351. The highest BCUT2D eigenvalue weighted by Crippen LogP contribution is 2.46. The predicted molar refractivity (Wildman–Crippen MR) is 67.5 cm³/mol. The van der Waals surface area contributed by atoms with Gasteiger partial charge >= 0.3 is 0 Å². The summed E-state index contributed by atoms with van der Waals surface area (Å²) in [5.74, 6) is 0.849. The average Bonchev–Trinajstić information content (AvgIpc) is 2.43. The highest BCUT2D eigenvalue weighted by Gasteiger charge is 2.18. The zero-order valence-corrected chi connectivity index (χ0v) is 10.1. The van der Waals surface area contributed by atoms with Crippen molar-refractivity contribution in [2.75, 3.05) is 0 Å². The van der Waals surface area contributed by atoms with Crippen molar-refractivity contribution in [1.29, 1.82) is 0 Å². The zero-order valence-electron chi connectivity index (χ0n) is 9.25. The number of hydrogen-bond acceptors (Lipinski definition) is 4. The van der Waals surface area contributed by atoms with Gasteiger partial charge in [0.2, 0.25) is 5.78 Å². The van der Waals surface area contributed by atoms with Gasteiger partial charge in [-0.15, -0.1) is 0 Å². The molecule has 18 heavy (non-hydrogen) atoms. The first kappa shape index (κ1) is 11.0. The normalized spacial score (nSPS) is 12.0. The molecule has 3 rings (SSSR count). The molecule has 1 aliphatic heterocycles. The van der Waals surface area contributed by atoms with Gasteiger partial charge in [-0.3, -0.25) is 9.59 Å². The van der Waals surface area contributed by atoms with Gasteiger partial charge in [0.05, 0.1) is 9.79 Å². The summed E-state index contributed by atoms with van der Waals surface area (Å²) in [7, 11) is 0. The lowest BCUT2D eigenvalue weighted by Crippen LogP contribution is -2.02. The van der Waals surface area contributed by atoms with E-state index in [9.17, 15) is 9.59 Å². The van der Waals surface area contributed by atoms with Crippen molar-refractivity contribution in [3.8, 4) is 11.5 Å². The third-order valence-electron chi connectivity index (χ3n) is 2.62. The molecule has 0 amide bonds. The smallest absolute Gasteiger partial charge is 0.225 e. The van der Waals surface area contributed by atoms with Crippen LogP contribution in [0.1, 0.15) is 10.4 Å². The van der Waals surface area contributed by atoms with E-state index in [4.69, 9.17) is 4.74 Å². The van der Waals surface area contributed by atoms with Crippen LogP contribution in [0.4, 0.5) is 0 Å². The second kappa shape index (κ2) is 4.31. The molecule has 0 bridgehead atoms. The van der Waals surface area contributed by atoms with Crippen LogP contribution in [-0.2, 0) is 4.79 Å². The maximum Gasteiger partial charge on any atom is 0.225 e. The van der Waals surface area contributed by atoms with Gasteiger partial charge in [-0.05, 0) is 30.3 Å². The lowest BCUT2D eigenvalue weighted by molar-refractivity contribution is -0.104. The monoisotopic (exact) mass is 256 g/mol. The lowest BCUT2D eigenvalue weighted by atomic mass is 10.1. The fourth-order valence-electron chi connectivity index (χ4n) is 1.75. The quantitative estimate of drug-likeness (QED) is 0.401. The van der Waals surface area contributed by atoms with Crippen molar-refractivity contribution in [1.82, 2.24) is 0 Å². The Labute approximate surface area is 108 Å². The van der Waals surface area contributed by atoms with Crippen LogP contribution in [0.15, 0.2) is 52.3 Å². The number of carbonyl (C=O) groups excluding carboxylic acids is 2. The van der Waals surface area contributed by atoms with E-state index in [1.165, 1.54) is 0 Å². The van der Waals surface area contributed by atoms with Gasteiger partial charge in [0.1, 0.15) is 11.5 Å². The summed E-state index contributed by atoms with van der Waals surface area (Å²) in [6.07, 6.45) is 0.311.